The minimum absolute atomic E-state index is 0.134. The van der Waals surface area contributed by atoms with Crippen molar-refractivity contribution in [2.24, 2.45) is 11.8 Å². The molecule has 0 unspecified atom stereocenters. The Bertz CT molecular complexity index is 671. The van der Waals surface area contributed by atoms with Gasteiger partial charge in [0.1, 0.15) is 0 Å². The van der Waals surface area contributed by atoms with Crippen LogP contribution in [-0.2, 0) is 9.59 Å². The molecule has 0 atom stereocenters. The lowest BCUT2D eigenvalue weighted by molar-refractivity contribution is -0.135. The van der Waals surface area contributed by atoms with E-state index in [4.69, 9.17) is 4.74 Å². The fourth-order valence-corrected chi connectivity index (χ4v) is 3.14. The number of anilines is 1. The van der Waals surface area contributed by atoms with Crippen LogP contribution in [0.5, 0.6) is 11.5 Å². The van der Waals surface area contributed by atoms with Gasteiger partial charge in [-0.3, -0.25) is 9.59 Å². The summed E-state index contributed by atoms with van der Waals surface area (Å²) in [4.78, 5) is 26.3. The Morgan fingerprint density at radius 3 is 2.38 bits per heavy atom. The Morgan fingerprint density at radius 2 is 1.81 bits per heavy atom. The second kappa shape index (κ2) is 7.88. The molecule has 1 saturated carbocycles. The van der Waals surface area contributed by atoms with Crippen molar-refractivity contribution in [3.8, 4) is 11.5 Å². The quantitative estimate of drug-likeness (QED) is 0.838. The summed E-state index contributed by atoms with van der Waals surface area (Å²) in [6.07, 6.45) is 3.14. The number of rotatable bonds is 6. The Morgan fingerprint density at radius 1 is 1.12 bits per heavy atom. The number of hydrogen-bond donors (Lipinski definition) is 1. The first kappa shape index (κ1) is 18.4. The molecule has 0 spiro atoms. The number of alkyl halides is 2. The van der Waals surface area contributed by atoms with Crippen LogP contribution in [0.3, 0.4) is 0 Å². The van der Waals surface area contributed by atoms with E-state index in [0.29, 0.717) is 31.6 Å². The van der Waals surface area contributed by atoms with Gasteiger partial charge in [-0.05, 0) is 37.8 Å². The highest BCUT2D eigenvalue weighted by Gasteiger charge is 2.36. The highest BCUT2D eigenvalue weighted by atomic mass is 19.3. The zero-order valence-corrected chi connectivity index (χ0v) is 14.5. The largest absolute Gasteiger partial charge is 0.493 e. The maximum atomic E-state index is 12.5. The Hall–Kier alpha value is -2.38. The lowest BCUT2D eigenvalue weighted by Crippen LogP contribution is -2.42. The molecule has 1 N–H and O–H groups in total. The van der Waals surface area contributed by atoms with Crippen LogP contribution in [0.15, 0.2) is 18.2 Å². The maximum absolute atomic E-state index is 12.5. The fraction of sp³-hybridized carbons (Fsp3) is 0.556. The Balaban J connectivity index is 1.57. The number of nitrogens with zero attached hydrogens (tertiary/aromatic N) is 1. The van der Waals surface area contributed by atoms with E-state index in [0.717, 1.165) is 12.8 Å². The average molecular weight is 368 g/mol. The number of carbonyl (C=O) groups is 2. The summed E-state index contributed by atoms with van der Waals surface area (Å²) < 4.78 is 34.4. The predicted molar refractivity (Wildman–Crippen MR) is 90.3 cm³/mol. The van der Waals surface area contributed by atoms with Gasteiger partial charge in [0.25, 0.3) is 0 Å². The summed E-state index contributed by atoms with van der Waals surface area (Å²) >= 11 is 0. The molecular formula is C18H22F2N2O4. The molecule has 0 radical (unpaired) electrons. The van der Waals surface area contributed by atoms with Crippen molar-refractivity contribution in [2.75, 3.05) is 25.5 Å². The molecule has 1 aromatic carbocycles. The number of hydrogen-bond acceptors (Lipinski definition) is 4. The van der Waals surface area contributed by atoms with E-state index in [1.54, 1.807) is 6.07 Å². The van der Waals surface area contributed by atoms with Crippen LogP contribution in [0, 0.1) is 11.8 Å². The summed E-state index contributed by atoms with van der Waals surface area (Å²) in [6, 6.07) is 4.35. The number of likely N-dealkylation sites (tertiary alicyclic amines) is 1. The van der Waals surface area contributed by atoms with E-state index in [1.165, 1.54) is 19.2 Å². The third-order valence-electron chi connectivity index (χ3n) is 4.75. The first-order chi connectivity index (χ1) is 12.5. The summed E-state index contributed by atoms with van der Waals surface area (Å²) in [6.45, 7) is -1.82. The zero-order chi connectivity index (χ0) is 18.7. The molecular weight excluding hydrogens is 346 g/mol. The van der Waals surface area contributed by atoms with Gasteiger partial charge >= 0.3 is 6.61 Å². The molecule has 26 heavy (non-hydrogen) atoms. The van der Waals surface area contributed by atoms with Crippen LogP contribution in [0.4, 0.5) is 14.5 Å². The monoisotopic (exact) mass is 368 g/mol. The normalized spacial score (nSPS) is 17.9. The summed E-state index contributed by atoms with van der Waals surface area (Å²) in [5, 5.41) is 2.73. The number of amides is 2. The maximum Gasteiger partial charge on any atom is 0.387 e. The van der Waals surface area contributed by atoms with E-state index in [-0.39, 0.29) is 35.1 Å². The molecule has 1 aliphatic carbocycles. The van der Waals surface area contributed by atoms with Crippen LogP contribution in [-0.4, -0.2) is 43.5 Å². The van der Waals surface area contributed by atoms with Gasteiger partial charge < -0.3 is 19.7 Å². The number of carbonyl (C=O) groups excluding carboxylic acids is 2. The van der Waals surface area contributed by atoms with Gasteiger partial charge in [0, 0.05) is 36.7 Å². The van der Waals surface area contributed by atoms with Crippen molar-refractivity contribution in [1.82, 2.24) is 4.90 Å². The lowest BCUT2D eigenvalue weighted by atomic mass is 9.95. The van der Waals surface area contributed by atoms with Gasteiger partial charge in [-0.1, -0.05) is 0 Å². The highest BCUT2D eigenvalue weighted by molar-refractivity contribution is 5.93. The number of halogens is 2. The van der Waals surface area contributed by atoms with Gasteiger partial charge in [-0.15, -0.1) is 0 Å². The lowest BCUT2D eigenvalue weighted by Gasteiger charge is -2.31. The minimum atomic E-state index is -2.98. The van der Waals surface area contributed by atoms with Gasteiger partial charge in [0.05, 0.1) is 7.11 Å². The average Bonchev–Trinajstić information content (AvgIpc) is 3.46. The molecule has 1 aliphatic heterocycles. The molecule has 1 heterocycles. The molecule has 3 rings (SSSR count). The van der Waals surface area contributed by atoms with Crippen LogP contribution in [0.1, 0.15) is 25.7 Å². The number of piperidine rings is 1. The van der Waals surface area contributed by atoms with Gasteiger partial charge in [-0.25, -0.2) is 0 Å². The standard InChI is InChI=1S/C18H22F2N2O4/c1-25-14-5-4-13(10-15(14)26-18(19)20)21-16(23)11-6-8-22(9-7-11)17(24)12-2-3-12/h4-5,10-12,18H,2-3,6-9H2,1H3,(H,21,23). The second-order valence-electron chi connectivity index (χ2n) is 6.61. The number of nitrogens with one attached hydrogen (secondary N) is 1. The molecule has 0 bridgehead atoms. The minimum Gasteiger partial charge on any atom is -0.493 e. The fourth-order valence-electron chi connectivity index (χ4n) is 3.14. The van der Waals surface area contributed by atoms with Crippen molar-refractivity contribution >= 4 is 17.5 Å². The topological polar surface area (TPSA) is 67.9 Å². The second-order valence-corrected chi connectivity index (χ2v) is 6.61. The van der Waals surface area contributed by atoms with Crippen LogP contribution in [0.25, 0.3) is 0 Å². The van der Waals surface area contributed by atoms with Crippen molar-refractivity contribution in [2.45, 2.75) is 32.3 Å². The molecule has 2 amide bonds. The first-order valence-electron chi connectivity index (χ1n) is 8.70. The number of methoxy groups -OCH3 is 1. The van der Waals surface area contributed by atoms with Crippen molar-refractivity contribution in [3.05, 3.63) is 18.2 Å². The van der Waals surface area contributed by atoms with Crippen molar-refractivity contribution in [3.63, 3.8) is 0 Å². The third-order valence-corrected chi connectivity index (χ3v) is 4.75. The van der Waals surface area contributed by atoms with E-state index in [1.807, 2.05) is 4.90 Å². The van der Waals surface area contributed by atoms with E-state index in [2.05, 4.69) is 10.1 Å². The summed E-state index contributed by atoms with van der Waals surface area (Å²) in [7, 11) is 1.35. The molecule has 2 fully saturated rings. The third kappa shape index (κ3) is 4.42. The van der Waals surface area contributed by atoms with Gasteiger partial charge in [0.15, 0.2) is 11.5 Å². The SMILES string of the molecule is COc1ccc(NC(=O)C2CCN(C(=O)C3CC3)CC2)cc1OC(F)F. The molecule has 6 nitrogen and oxygen atoms in total. The molecule has 142 valence electrons. The van der Waals surface area contributed by atoms with Crippen LogP contribution < -0.4 is 14.8 Å². The van der Waals surface area contributed by atoms with Crippen LogP contribution >= 0.6 is 0 Å². The molecule has 8 heteroatoms. The molecule has 0 aromatic heterocycles. The Kier molecular flexibility index (Phi) is 5.58. The first-order valence-corrected chi connectivity index (χ1v) is 8.70. The number of ether oxygens (including phenoxy) is 2. The van der Waals surface area contributed by atoms with Gasteiger partial charge in [0.2, 0.25) is 11.8 Å². The molecule has 1 saturated heterocycles. The van der Waals surface area contributed by atoms with Gasteiger partial charge in [-0.2, -0.15) is 8.78 Å². The summed E-state index contributed by atoms with van der Waals surface area (Å²) in [5.41, 5.74) is 0.364. The molecule has 1 aromatic rings. The summed E-state index contributed by atoms with van der Waals surface area (Å²) in [5.74, 6) is 0.0255. The van der Waals surface area contributed by atoms with Crippen molar-refractivity contribution in [1.29, 1.82) is 0 Å². The predicted octanol–water partition coefficient (Wildman–Crippen LogP) is 2.88. The van der Waals surface area contributed by atoms with Crippen LogP contribution in [0.2, 0.25) is 0 Å². The van der Waals surface area contributed by atoms with Crippen molar-refractivity contribution < 1.29 is 27.8 Å². The molecule has 2 aliphatic rings. The van der Waals surface area contributed by atoms with E-state index >= 15 is 0 Å². The smallest absolute Gasteiger partial charge is 0.387 e. The Labute approximate surface area is 150 Å². The van der Waals surface area contributed by atoms with E-state index < -0.39 is 6.61 Å². The number of benzene rings is 1. The van der Waals surface area contributed by atoms with E-state index in [9.17, 15) is 18.4 Å². The highest BCUT2D eigenvalue weighted by Crippen LogP contribution is 2.33. The zero-order valence-electron chi connectivity index (χ0n) is 14.5.